The molecule has 1 aromatic rings. The van der Waals surface area contributed by atoms with Crippen molar-refractivity contribution < 1.29 is 9.90 Å². The quantitative estimate of drug-likeness (QED) is 0.896. The predicted molar refractivity (Wildman–Crippen MR) is 81.1 cm³/mol. The molecule has 0 radical (unpaired) electrons. The van der Waals surface area contributed by atoms with Gasteiger partial charge in [-0.25, -0.2) is 0 Å². The number of carboxylic acids is 1. The Hall–Kier alpha value is -1.06. The van der Waals surface area contributed by atoms with Gasteiger partial charge in [0.15, 0.2) is 0 Å². The number of carbonyl (C=O) groups is 1. The molecule has 1 aromatic carbocycles. The van der Waals surface area contributed by atoms with Gasteiger partial charge in [0.25, 0.3) is 0 Å². The van der Waals surface area contributed by atoms with E-state index in [1.807, 2.05) is 32.0 Å². The Balaban J connectivity index is 2.22. The molecular formula is C16H22ClNO2. The molecule has 110 valence electrons. The van der Waals surface area contributed by atoms with E-state index in [-0.39, 0.29) is 0 Å². The summed E-state index contributed by atoms with van der Waals surface area (Å²) in [6.45, 7) is 5.52. The largest absolute Gasteiger partial charge is 0.480 e. The molecule has 4 heteroatoms. The van der Waals surface area contributed by atoms with Crippen molar-refractivity contribution in [3.8, 4) is 0 Å². The molecule has 0 bridgehead atoms. The number of aliphatic carboxylic acids is 1. The van der Waals surface area contributed by atoms with Crippen LogP contribution in [0.15, 0.2) is 18.2 Å². The fraction of sp³-hybridized carbons (Fsp3) is 0.562. The van der Waals surface area contributed by atoms with Gasteiger partial charge in [-0.3, -0.25) is 9.69 Å². The van der Waals surface area contributed by atoms with Crippen molar-refractivity contribution in [2.45, 2.75) is 51.6 Å². The molecular weight excluding hydrogens is 274 g/mol. The first-order valence-corrected chi connectivity index (χ1v) is 7.61. The summed E-state index contributed by atoms with van der Waals surface area (Å²) in [5.41, 5.74) is 1.45. The zero-order valence-corrected chi connectivity index (χ0v) is 12.9. The normalized spacial score (nSPS) is 23.1. The van der Waals surface area contributed by atoms with Gasteiger partial charge in [0.1, 0.15) is 5.54 Å². The van der Waals surface area contributed by atoms with Gasteiger partial charge in [-0.2, -0.15) is 0 Å². The van der Waals surface area contributed by atoms with Crippen LogP contribution in [0.5, 0.6) is 0 Å². The number of nitrogens with zero attached hydrogens (tertiary/aromatic N) is 1. The van der Waals surface area contributed by atoms with E-state index >= 15 is 0 Å². The van der Waals surface area contributed by atoms with E-state index in [9.17, 15) is 9.90 Å². The van der Waals surface area contributed by atoms with Crippen LogP contribution in [-0.2, 0) is 11.3 Å². The Kier molecular flexibility index (Phi) is 4.71. The monoisotopic (exact) mass is 295 g/mol. The minimum absolute atomic E-state index is 0.659. The highest BCUT2D eigenvalue weighted by Gasteiger charge is 2.46. The van der Waals surface area contributed by atoms with Crippen LogP contribution in [-0.4, -0.2) is 28.1 Å². The van der Waals surface area contributed by atoms with Gasteiger partial charge in [0.05, 0.1) is 0 Å². The van der Waals surface area contributed by atoms with Crippen molar-refractivity contribution in [2.75, 3.05) is 6.54 Å². The highest BCUT2D eigenvalue weighted by molar-refractivity contribution is 6.31. The molecule has 1 aliphatic heterocycles. The summed E-state index contributed by atoms with van der Waals surface area (Å²) < 4.78 is 0. The molecule has 1 unspecified atom stereocenters. The van der Waals surface area contributed by atoms with E-state index in [1.54, 1.807) is 0 Å². The van der Waals surface area contributed by atoms with E-state index < -0.39 is 11.5 Å². The highest BCUT2D eigenvalue weighted by Crippen LogP contribution is 2.35. The molecule has 0 saturated carbocycles. The SMILES string of the molecule is CCCC1(C(=O)O)CCCN1Cc1ccc(C)c(Cl)c1. The summed E-state index contributed by atoms with van der Waals surface area (Å²) in [5, 5.41) is 10.4. The average Bonchev–Trinajstić information content (AvgIpc) is 2.79. The van der Waals surface area contributed by atoms with Crippen LogP contribution in [0.1, 0.15) is 43.7 Å². The number of carboxylic acid groups (broad SMARTS) is 1. The maximum Gasteiger partial charge on any atom is 0.324 e. The topological polar surface area (TPSA) is 40.5 Å². The lowest BCUT2D eigenvalue weighted by atomic mass is 9.90. The number of halogens is 1. The average molecular weight is 296 g/mol. The second kappa shape index (κ2) is 6.15. The number of benzene rings is 1. The van der Waals surface area contributed by atoms with Crippen LogP contribution < -0.4 is 0 Å². The van der Waals surface area contributed by atoms with Crippen LogP contribution in [0.3, 0.4) is 0 Å². The number of rotatable bonds is 5. The van der Waals surface area contributed by atoms with Crippen molar-refractivity contribution in [1.29, 1.82) is 0 Å². The molecule has 1 heterocycles. The molecule has 1 fully saturated rings. The van der Waals surface area contributed by atoms with Crippen molar-refractivity contribution in [2.24, 2.45) is 0 Å². The van der Waals surface area contributed by atoms with E-state index in [0.717, 1.165) is 42.0 Å². The molecule has 0 amide bonds. The molecule has 0 aliphatic carbocycles. The maximum atomic E-state index is 11.8. The molecule has 1 atom stereocenters. The van der Waals surface area contributed by atoms with E-state index in [2.05, 4.69) is 4.90 Å². The predicted octanol–water partition coefficient (Wildman–Crippen LogP) is 3.87. The van der Waals surface area contributed by atoms with Gasteiger partial charge in [0, 0.05) is 11.6 Å². The summed E-state index contributed by atoms with van der Waals surface area (Å²) in [7, 11) is 0. The maximum absolute atomic E-state index is 11.8. The van der Waals surface area contributed by atoms with Crippen LogP contribution >= 0.6 is 11.6 Å². The lowest BCUT2D eigenvalue weighted by Crippen LogP contribution is -2.49. The Morgan fingerprint density at radius 1 is 1.50 bits per heavy atom. The molecule has 3 nitrogen and oxygen atoms in total. The highest BCUT2D eigenvalue weighted by atomic mass is 35.5. The number of aryl methyl sites for hydroxylation is 1. The van der Waals surface area contributed by atoms with Gasteiger partial charge < -0.3 is 5.11 Å². The Labute approximate surface area is 125 Å². The summed E-state index contributed by atoms with van der Waals surface area (Å²) in [4.78, 5) is 13.9. The summed E-state index contributed by atoms with van der Waals surface area (Å²) in [6, 6.07) is 5.99. The number of hydrogen-bond acceptors (Lipinski definition) is 2. The third-order valence-corrected chi connectivity index (χ3v) is 4.70. The summed E-state index contributed by atoms with van der Waals surface area (Å²) in [6.07, 6.45) is 3.29. The van der Waals surface area contributed by atoms with Crippen LogP contribution in [0, 0.1) is 6.92 Å². The number of likely N-dealkylation sites (tertiary alicyclic amines) is 1. The first kappa shape index (κ1) is 15.3. The van der Waals surface area contributed by atoms with Crippen molar-refractivity contribution >= 4 is 17.6 Å². The van der Waals surface area contributed by atoms with Crippen molar-refractivity contribution in [1.82, 2.24) is 4.90 Å². The molecule has 2 rings (SSSR count). The van der Waals surface area contributed by atoms with Crippen molar-refractivity contribution in [3.63, 3.8) is 0 Å². The van der Waals surface area contributed by atoms with Crippen molar-refractivity contribution in [3.05, 3.63) is 34.3 Å². The van der Waals surface area contributed by atoms with E-state index in [4.69, 9.17) is 11.6 Å². The standard InChI is InChI=1S/C16H22ClNO2/c1-3-7-16(15(19)20)8-4-9-18(16)11-13-6-5-12(2)14(17)10-13/h5-6,10H,3-4,7-9,11H2,1-2H3,(H,19,20). The lowest BCUT2D eigenvalue weighted by molar-refractivity contribution is -0.150. The third-order valence-electron chi connectivity index (χ3n) is 4.30. The zero-order valence-electron chi connectivity index (χ0n) is 12.2. The fourth-order valence-corrected chi connectivity index (χ4v) is 3.37. The zero-order chi connectivity index (χ0) is 14.8. The molecule has 20 heavy (non-hydrogen) atoms. The second-order valence-corrected chi connectivity index (χ2v) is 6.10. The molecule has 0 aromatic heterocycles. The first-order chi connectivity index (χ1) is 9.49. The lowest BCUT2D eigenvalue weighted by Gasteiger charge is -2.34. The van der Waals surface area contributed by atoms with Gasteiger partial charge in [-0.15, -0.1) is 0 Å². The first-order valence-electron chi connectivity index (χ1n) is 7.23. The minimum Gasteiger partial charge on any atom is -0.480 e. The molecule has 0 spiro atoms. The van der Waals surface area contributed by atoms with Gasteiger partial charge >= 0.3 is 5.97 Å². The van der Waals surface area contributed by atoms with E-state index in [0.29, 0.717) is 13.0 Å². The van der Waals surface area contributed by atoms with Gasteiger partial charge in [-0.05, 0) is 49.9 Å². The molecule has 1 saturated heterocycles. The van der Waals surface area contributed by atoms with Gasteiger partial charge in [-0.1, -0.05) is 37.1 Å². The third kappa shape index (κ3) is 2.84. The summed E-state index contributed by atoms with van der Waals surface area (Å²) in [5.74, 6) is -0.685. The van der Waals surface area contributed by atoms with Crippen LogP contribution in [0.2, 0.25) is 5.02 Å². The van der Waals surface area contributed by atoms with Gasteiger partial charge in [0.2, 0.25) is 0 Å². The fourth-order valence-electron chi connectivity index (χ4n) is 3.17. The second-order valence-electron chi connectivity index (χ2n) is 5.70. The smallest absolute Gasteiger partial charge is 0.324 e. The Bertz CT molecular complexity index is 503. The van der Waals surface area contributed by atoms with Crippen LogP contribution in [0.4, 0.5) is 0 Å². The van der Waals surface area contributed by atoms with Crippen LogP contribution in [0.25, 0.3) is 0 Å². The minimum atomic E-state index is -0.688. The van der Waals surface area contributed by atoms with E-state index in [1.165, 1.54) is 0 Å². The Morgan fingerprint density at radius 3 is 2.85 bits per heavy atom. The molecule has 1 N–H and O–H groups in total. The summed E-state index contributed by atoms with van der Waals surface area (Å²) >= 11 is 6.16. The Morgan fingerprint density at radius 2 is 2.25 bits per heavy atom. The number of hydrogen-bond donors (Lipinski definition) is 1. The molecule has 1 aliphatic rings.